The third-order valence-corrected chi connectivity index (χ3v) is 7.64. The molecule has 2 aromatic heterocycles. The number of rotatable bonds is 9. The number of thioether (sulfide) groups is 1. The van der Waals surface area contributed by atoms with Crippen LogP contribution in [-0.2, 0) is 29.8 Å². The van der Waals surface area contributed by atoms with E-state index in [1.165, 1.54) is 16.0 Å². The molecule has 0 unspecified atom stereocenters. The molecule has 8 heteroatoms. The molecule has 1 aliphatic carbocycles. The molecule has 1 aliphatic rings. The molecule has 1 amide bonds. The van der Waals surface area contributed by atoms with E-state index in [0.29, 0.717) is 30.3 Å². The number of aromatic amines is 1. The average Bonchev–Trinajstić information content (AvgIpc) is 3.32. The fraction of sp³-hybridized carbons (Fsp3) is 0.435. The van der Waals surface area contributed by atoms with E-state index in [0.717, 1.165) is 47.2 Å². The fourth-order valence-corrected chi connectivity index (χ4v) is 6.06. The Morgan fingerprint density at radius 3 is 3.06 bits per heavy atom. The molecule has 31 heavy (non-hydrogen) atoms. The molecule has 1 aromatic carbocycles. The van der Waals surface area contributed by atoms with E-state index in [1.807, 2.05) is 19.1 Å². The largest absolute Gasteiger partial charge is 0.496 e. The third-order valence-electron chi connectivity index (χ3n) is 5.49. The summed E-state index contributed by atoms with van der Waals surface area (Å²) in [7, 11) is 1.66. The van der Waals surface area contributed by atoms with Gasteiger partial charge in [-0.15, -0.1) is 11.3 Å². The molecule has 0 fully saturated rings. The summed E-state index contributed by atoms with van der Waals surface area (Å²) in [5.74, 6) is 2.86. The lowest BCUT2D eigenvalue weighted by atomic mass is 10.1. The summed E-state index contributed by atoms with van der Waals surface area (Å²) in [5.41, 5.74) is 3.45. The standard InChI is InChI=1S/C23H27N3O3S2/c1-14-6-7-17(29-2)15(12-14)8-10-24-20(27)9-11-30-13-19-25-22(28)21-16-4-3-5-18(16)31-23(21)26-19/h6-7,12H,3-5,8-11,13H2,1-2H3,(H,24,27)(H,25,26,28). The van der Waals surface area contributed by atoms with Gasteiger partial charge in [0.25, 0.3) is 5.56 Å². The maximum absolute atomic E-state index is 12.5. The van der Waals surface area contributed by atoms with Crippen LogP contribution in [0.3, 0.4) is 0 Å². The number of thiophene rings is 1. The van der Waals surface area contributed by atoms with Gasteiger partial charge in [0.05, 0.1) is 18.2 Å². The van der Waals surface area contributed by atoms with Crippen molar-refractivity contribution in [1.82, 2.24) is 15.3 Å². The summed E-state index contributed by atoms with van der Waals surface area (Å²) < 4.78 is 5.39. The quantitative estimate of drug-likeness (QED) is 0.478. The molecule has 0 aliphatic heterocycles. The van der Waals surface area contributed by atoms with Gasteiger partial charge < -0.3 is 15.0 Å². The number of carbonyl (C=O) groups is 1. The molecule has 164 valence electrons. The monoisotopic (exact) mass is 457 g/mol. The summed E-state index contributed by atoms with van der Waals surface area (Å²) in [6.45, 7) is 2.63. The number of fused-ring (bicyclic) bond motifs is 3. The number of nitrogens with one attached hydrogen (secondary N) is 2. The fourth-order valence-electron chi connectivity index (χ4n) is 3.98. The van der Waals surface area contributed by atoms with Gasteiger partial charge in [-0.1, -0.05) is 17.7 Å². The molecule has 4 rings (SSSR count). The minimum absolute atomic E-state index is 0.0238. The Bertz CT molecular complexity index is 1150. The molecular weight excluding hydrogens is 430 g/mol. The van der Waals surface area contributed by atoms with Gasteiger partial charge in [-0.3, -0.25) is 9.59 Å². The number of ether oxygens (including phenoxy) is 1. The third kappa shape index (κ3) is 5.13. The molecular formula is C23H27N3O3S2. The smallest absolute Gasteiger partial charge is 0.259 e. The average molecular weight is 458 g/mol. The Balaban J connectivity index is 1.22. The second-order valence-electron chi connectivity index (χ2n) is 7.77. The number of H-pyrrole nitrogens is 1. The number of benzene rings is 1. The number of nitrogens with zero attached hydrogens (tertiary/aromatic N) is 1. The first kappa shape index (κ1) is 21.9. The molecule has 0 atom stereocenters. The highest BCUT2D eigenvalue weighted by Gasteiger charge is 2.21. The van der Waals surface area contributed by atoms with Crippen LogP contribution in [0.4, 0.5) is 0 Å². The summed E-state index contributed by atoms with van der Waals surface area (Å²) in [6, 6.07) is 6.07. The number of hydrogen-bond donors (Lipinski definition) is 2. The van der Waals surface area contributed by atoms with Crippen LogP contribution in [0.1, 0.15) is 40.2 Å². The Morgan fingerprint density at radius 2 is 2.23 bits per heavy atom. The molecule has 0 spiro atoms. The van der Waals surface area contributed by atoms with Gasteiger partial charge in [-0.2, -0.15) is 11.8 Å². The zero-order valence-electron chi connectivity index (χ0n) is 17.9. The van der Waals surface area contributed by atoms with Crippen molar-refractivity contribution < 1.29 is 9.53 Å². The Kier molecular flexibility index (Phi) is 6.97. The number of aromatic nitrogens is 2. The van der Waals surface area contributed by atoms with Gasteiger partial charge in [-0.25, -0.2) is 4.98 Å². The summed E-state index contributed by atoms with van der Waals surface area (Å²) in [6.07, 6.45) is 4.36. The summed E-state index contributed by atoms with van der Waals surface area (Å²) in [4.78, 5) is 34.4. The molecule has 0 saturated carbocycles. The van der Waals surface area contributed by atoms with Crippen LogP contribution < -0.4 is 15.6 Å². The van der Waals surface area contributed by atoms with Gasteiger partial charge in [0.15, 0.2) is 0 Å². The van der Waals surface area contributed by atoms with Crippen LogP contribution >= 0.6 is 23.1 Å². The van der Waals surface area contributed by atoms with Crippen LogP contribution in [0.2, 0.25) is 0 Å². The van der Waals surface area contributed by atoms with E-state index in [2.05, 4.69) is 21.4 Å². The second-order valence-corrected chi connectivity index (χ2v) is 9.96. The van der Waals surface area contributed by atoms with Crippen molar-refractivity contribution in [3.05, 3.63) is 55.9 Å². The Hall–Kier alpha value is -2.32. The number of aryl methyl sites for hydroxylation is 3. The molecule has 0 bridgehead atoms. The van der Waals surface area contributed by atoms with Gasteiger partial charge in [-0.05, 0) is 49.8 Å². The maximum Gasteiger partial charge on any atom is 0.259 e. The first-order valence-electron chi connectivity index (χ1n) is 10.6. The predicted molar refractivity (Wildman–Crippen MR) is 127 cm³/mol. The van der Waals surface area contributed by atoms with Crippen molar-refractivity contribution in [1.29, 1.82) is 0 Å². The molecule has 2 N–H and O–H groups in total. The van der Waals surface area contributed by atoms with E-state index in [4.69, 9.17) is 4.74 Å². The van der Waals surface area contributed by atoms with E-state index in [9.17, 15) is 9.59 Å². The predicted octanol–water partition coefficient (Wildman–Crippen LogP) is 3.77. The van der Waals surface area contributed by atoms with Crippen molar-refractivity contribution in [2.75, 3.05) is 19.4 Å². The van der Waals surface area contributed by atoms with Crippen molar-refractivity contribution in [3.63, 3.8) is 0 Å². The van der Waals surface area contributed by atoms with Crippen LogP contribution in [0, 0.1) is 6.92 Å². The molecule has 0 saturated heterocycles. The number of carbonyl (C=O) groups excluding carboxylic acids is 1. The minimum atomic E-state index is -0.0238. The maximum atomic E-state index is 12.5. The van der Waals surface area contributed by atoms with Crippen LogP contribution in [-0.4, -0.2) is 35.3 Å². The van der Waals surface area contributed by atoms with E-state index in [-0.39, 0.29) is 11.5 Å². The van der Waals surface area contributed by atoms with E-state index < -0.39 is 0 Å². The number of amides is 1. The minimum Gasteiger partial charge on any atom is -0.496 e. The summed E-state index contributed by atoms with van der Waals surface area (Å²) >= 11 is 3.27. The molecule has 3 aromatic rings. The van der Waals surface area contributed by atoms with Crippen LogP contribution in [0.25, 0.3) is 10.2 Å². The highest BCUT2D eigenvalue weighted by Crippen LogP contribution is 2.34. The molecule has 2 heterocycles. The Labute approximate surface area is 189 Å². The lowest BCUT2D eigenvalue weighted by Gasteiger charge is -2.10. The van der Waals surface area contributed by atoms with Crippen LogP contribution in [0.5, 0.6) is 5.75 Å². The normalized spacial score (nSPS) is 12.8. The lowest BCUT2D eigenvalue weighted by Crippen LogP contribution is -2.26. The van der Waals surface area contributed by atoms with Crippen molar-refractivity contribution in [2.24, 2.45) is 0 Å². The SMILES string of the molecule is COc1ccc(C)cc1CCNC(=O)CCSCc1nc2sc3c(c2c(=O)[nH]1)CCC3. The van der Waals surface area contributed by atoms with Crippen molar-refractivity contribution in [2.45, 2.75) is 44.8 Å². The van der Waals surface area contributed by atoms with Crippen molar-refractivity contribution >= 4 is 39.2 Å². The van der Waals surface area contributed by atoms with Crippen molar-refractivity contribution in [3.8, 4) is 5.75 Å². The van der Waals surface area contributed by atoms with Gasteiger partial charge in [0.2, 0.25) is 5.91 Å². The molecule has 0 radical (unpaired) electrons. The first-order chi connectivity index (χ1) is 15.0. The van der Waals surface area contributed by atoms with E-state index in [1.54, 1.807) is 30.2 Å². The molecule has 6 nitrogen and oxygen atoms in total. The number of methoxy groups -OCH3 is 1. The zero-order chi connectivity index (χ0) is 21.8. The van der Waals surface area contributed by atoms with Gasteiger partial charge in [0, 0.05) is 23.6 Å². The van der Waals surface area contributed by atoms with Crippen LogP contribution in [0.15, 0.2) is 23.0 Å². The Morgan fingerprint density at radius 1 is 1.35 bits per heavy atom. The first-order valence-corrected chi connectivity index (χ1v) is 12.5. The highest BCUT2D eigenvalue weighted by molar-refractivity contribution is 7.98. The lowest BCUT2D eigenvalue weighted by molar-refractivity contribution is -0.120. The van der Waals surface area contributed by atoms with E-state index >= 15 is 0 Å². The second kappa shape index (κ2) is 9.87. The number of hydrogen-bond acceptors (Lipinski definition) is 6. The highest BCUT2D eigenvalue weighted by atomic mass is 32.2. The summed E-state index contributed by atoms with van der Waals surface area (Å²) in [5, 5.41) is 3.76. The topological polar surface area (TPSA) is 84.1 Å². The zero-order valence-corrected chi connectivity index (χ0v) is 19.5. The van der Waals surface area contributed by atoms with Gasteiger partial charge >= 0.3 is 0 Å². The van der Waals surface area contributed by atoms with Gasteiger partial charge in [0.1, 0.15) is 16.4 Å².